The minimum absolute atomic E-state index is 0.882. The third-order valence-electron chi connectivity index (χ3n) is 8.27. The predicted molar refractivity (Wildman–Crippen MR) is 164 cm³/mol. The van der Waals surface area contributed by atoms with Gasteiger partial charge in [-0.1, -0.05) is 103 Å². The molecule has 0 atom stereocenters. The Labute approximate surface area is 223 Å². The molecule has 0 spiro atoms. The SMILES string of the molecule is c1ccc2c(c1)oc1c(-c3cc4c5ccccc5c5c6ccccc6c6ccccc6c5c4cn3)cccc12. The number of pyridine rings is 1. The van der Waals surface area contributed by atoms with Crippen molar-refractivity contribution in [3.05, 3.63) is 128 Å². The lowest BCUT2D eigenvalue weighted by Gasteiger charge is -2.16. The summed E-state index contributed by atoms with van der Waals surface area (Å²) in [5.41, 5.74) is 3.71. The highest BCUT2D eigenvalue weighted by atomic mass is 16.3. The van der Waals surface area contributed by atoms with Crippen molar-refractivity contribution in [2.24, 2.45) is 0 Å². The van der Waals surface area contributed by atoms with Crippen LogP contribution in [-0.2, 0) is 0 Å². The normalized spacial score (nSPS) is 12.1. The molecule has 0 N–H and O–H groups in total. The van der Waals surface area contributed by atoms with E-state index < -0.39 is 0 Å². The zero-order valence-electron chi connectivity index (χ0n) is 21.0. The largest absolute Gasteiger partial charge is 0.455 e. The number of para-hydroxylation sites is 2. The number of benzene rings is 7. The average Bonchev–Trinajstić information content (AvgIpc) is 3.39. The molecule has 0 amide bonds. The fourth-order valence-electron chi connectivity index (χ4n) is 6.61. The second-order valence-electron chi connectivity index (χ2n) is 10.3. The van der Waals surface area contributed by atoms with Gasteiger partial charge in [-0.05, 0) is 61.3 Å². The van der Waals surface area contributed by atoms with Crippen LogP contribution in [0.1, 0.15) is 0 Å². The molecule has 2 aromatic heterocycles. The molecule has 0 radical (unpaired) electrons. The van der Waals surface area contributed by atoms with Crippen molar-refractivity contribution in [1.82, 2.24) is 4.98 Å². The van der Waals surface area contributed by atoms with E-state index in [9.17, 15) is 0 Å². The molecular formula is C37H21NO. The number of rotatable bonds is 1. The van der Waals surface area contributed by atoms with Crippen molar-refractivity contribution in [2.75, 3.05) is 0 Å². The van der Waals surface area contributed by atoms with Gasteiger partial charge >= 0.3 is 0 Å². The molecule has 9 rings (SSSR count). The third-order valence-corrected chi connectivity index (χ3v) is 8.27. The molecule has 0 saturated carbocycles. The summed E-state index contributed by atoms with van der Waals surface area (Å²) in [7, 11) is 0. The Morgan fingerprint density at radius 3 is 1.59 bits per heavy atom. The van der Waals surface area contributed by atoms with Gasteiger partial charge in [0.1, 0.15) is 11.2 Å². The summed E-state index contributed by atoms with van der Waals surface area (Å²) in [6.07, 6.45) is 2.07. The molecule has 0 fully saturated rings. The Kier molecular flexibility index (Phi) is 4.08. The maximum Gasteiger partial charge on any atom is 0.144 e. The molecule has 0 saturated heterocycles. The molecule has 0 aliphatic heterocycles. The van der Waals surface area contributed by atoms with E-state index in [0.717, 1.165) is 33.2 Å². The van der Waals surface area contributed by atoms with E-state index in [1.807, 2.05) is 12.1 Å². The number of furan rings is 1. The molecule has 7 aromatic carbocycles. The molecule has 0 bridgehead atoms. The van der Waals surface area contributed by atoms with Crippen molar-refractivity contribution in [1.29, 1.82) is 0 Å². The number of hydrogen-bond acceptors (Lipinski definition) is 2. The lowest BCUT2D eigenvalue weighted by atomic mass is 9.87. The highest BCUT2D eigenvalue weighted by molar-refractivity contribution is 6.39. The number of aromatic nitrogens is 1. The van der Waals surface area contributed by atoms with Crippen LogP contribution in [0.2, 0.25) is 0 Å². The highest BCUT2D eigenvalue weighted by Gasteiger charge is 2.18. The molecule has 0 unspecified atom stereocenters. The van der Waals surface area contributed by atoms with E-state index in [4.69, 9.17) is 9.40 Å². The molecule has 39 heavy (non-hydrogen) atoms. The van der Waals surface area contributed by atoms with Crippen LogP contribution in [-0.4, -0.2) is 4.98 Å². The minimum Gasteiger partial charge on any atom is -0.455 e. The second kappa shape index (κ2) is 7.66. The Bertz CT molecular complexity index is 2450. The van der Waals surface area contributed by atoms with Crippen LogP contribution < -0.4 is 0 Å². The smallest absolute Gasteiger partial charge is 0.144 e. The van der Waals surface area contributed by atoms with E-state index in [0.29, 0.717) is 0 Å². The Morgan fingerprint density at radius 1 is 0.410 bits per heavy atom. The summed E-state index contributed by atoms with van der Waals surface area (Å²) in [6, 6.07) is 43.2. The molecule has 180 valence electrons. The van der Waals surface area contributed by atoms with Gasteiger partial charge in [-0.15, -0.1) is 0 Å². The average molecular weight is 496 g/mol. The molecule has 0 aliphatic rings. The molecule has 2 nitrogen and oxygen atoms in total. The summed E-state index contributed by atoms with van der Waals surface area (Å²) < 4.78 is 6.37. The van der Waals surface area contributed by atoms with Gasteiger partial charge in [0.2, 0.25) is 0 Å². The topological polar surface area (TPSA) is 26.0 Å². The van der Waals surface area contributed by atoms with Gasteiger partial charge in [0, 0.05) is 33.3 Å². The molecule has 2 heteroatoms. The molecule has 0 aliphatic carbocycles. The van der Waals surface area contributed by atoms with Gasteiger partial charge in [0.05, 0.1) is 5.69 Å². The first kappa shape index (κ1) is 20.8. The minimum atomic E-state index is 0.882. The second-order valence-corrected chi connectivity index (χ2v) is 10.3. The maximum atomic E-state index is 6.37. The zero-order valence-corrected chi connectivity index (χ0v) is 21.0. The summed E-state index contributed by atoms with van der Waals surface area (Å²) in [5.74, 6) is 0. The number of nitrogens with zero attached hydrogens (tertiary/aromatic N) is 1. The van der Waals surface area contributed by atoms with Gasteiger partial charge < -0.3 is 4.42 Å². The predicted octanol–water partition coefficient (Wildman–Crippen LogP) is 10.4. The number of fused-ring (bicyclic) bond motifs is 14. The Balaban J connectivity index is 1.47. The van der Waals surface area contributed by atoms with Gasteiger partial charge in [-0.3, -0.25) is 4.98 Å². The zero-order chi connectivity index (χ0) is 25.5. The summed E-state index contributed by atoms with van der Waals surface area (Å²) in [6.45, 7) is 0. The monoisotopic (exact) mass is 495 g/mol. The van der Waals surface area contributed by atoms with E-state index in [1.54, 1.807) is 0 Å². The first-order chi connectivity index (χ1) is 19.4. The van der Waals surface area contributed by atoms with Crippen LogP contribution in [0.4, 0.5) is 0 Å². The lowest BCUT2D eigenvalue weighted by Crippen LogP contribution is -1.91. The van der Waals surface area contributed by atoms with Crippen LogP contribution in [0.15, 0.2) is 132 Å². The molecule has 2 heterocycles. The summed E-state index contributed by atoms with van der Waals surface area (Å²) in [4.78, 5) is 5.08. The van der Waals surface area contributed by atoms with Crippen molar-refractivity contribution in [3.63, 3.8) is 0 Å². The van der Waals surface area contributed by atoms with E-state index in [1.165, 1.54) is 53.9 Å². The number of hydrogen-bond donors (Lipinski definition) is 0. The van der Waals surface area contributed by atoms with E-state index in [-0.39, 0.29) is 0 Å². The first-order valence-corrected chi connectivity index (χ1v) is 13.3. The van der Waals surface area contributed by atoms with Crippen LogP contribution in [0.5, 0.6) is 0 Å². The highest BCUT2D eigenvalue weighted by Crippen LogP contribution is 2.44. The Hall–Kier alpha value is -5.21. The van der Waals surface area contributed by atoms with Gasteiger partial charge in [-0.2, -0.15) is 0 Å². The fraction of sp³-hybridized carbons (Fsp3) is 0. The van der Waals surface area contributed by atoms with Gasteiger partial charge in [0.25, 0.3) is 0 Å². The third kappa shape index (κ3) is 2.78. The molecular weight excluding hydrogens is 474 g/mol. The van der Waals surface area contributed by atoms with E-state index >= 15 is 0 Å². The standard InChI is InChI=1S/C37H21NO/c1-4-14-26-22(10-1)23-11-2-5-15-27(23)36-32-21-38-33(20-31(32)24-12-3-6-16-28(24)35(26)36)30-18-9-17-29-25-13-7-8-19-34(25)39-37(29)30/h1-21H. The first-order valence-electron chi connectivity index (χ1n) is 13.3. The molecule has 9 aromatic rings. The van der Waals surface area contributed by atoms with Crippen molar-refractivity contribution < 1.29 is 4.42 Å². The summed E-state index contributed by atoms with van der Waals surface area (Å²) >= 11 is 0. The van der Waals surface area contributed by atoms with Crippen LogP contribution in [0, 0.1) is 0 Å². The van der Waals surface area contributed by atoms with Crippen LogP contribution >= 0.6 is 0 Å². The van der Waals surface area contributed by atoms with E-state index in [2.05, 4.69) is 115 Å². The fourth-order valence-corrected chi connectivity index (χ4v) is 6.61. The quantitative estimate of drug-likeness (QED) is 0.212. The van der Waals surface area contributed by atoms with Gasteiger partial charge in [-0.25, -0.2) is 0 Å². The van der Waals surface area contributed by atoms with Crippen molar-refractivity contribution >= 4 is 75.8 Å². The van der Waals surface area contributed by atoms with Crippen LogP contribution in [0.3, 0.4) is 0 Å². The Morgan fingerprint density at radius 2 is 0.923 bits per heavy atom. The van der Waals surface area contributed by atoms with Crippen molar-refractivity contribution in [2.45, 2.75) is 0 Å². The van der Waals surface area contributed by atoms with Crippen LogP contribution in [0.25, 0.3) is 87.1 Å². The van der Waals surface area contributed by atoms with Gasteiger partial charge in [0.15, 0.2) is 0 Å². The lowest BCUT2D eigenvalue weighted by molar-refractivity contribution is 0.670. The summed E-state index contributed by atoms with van der Waals surface area (Å²) in [5, 5.41) is 14.8. The van der Waals surface area contributed by atoms with Crippen molar-refractivity contribution in [3.8, 4) is 11.3 Å². The maximum absolute atomic E-state index is 6.37.